The summed E-state index contributed by atoms with van der Waals surface area (Å²) in [6, 6.07) is 13.1. The molecule has 150 valence electrons. The number of rotatable bonds is 9. The molecule has 0 aliphatic rings. The average molecular weight is 383 g/mol. The first kappa shape index (κ1) is 21.3. The molecule has 2 aromatic rings. The summed E-state index contributed by atoms with van der Waals surface area (Å²) in [5, 5.41) is 4.32. The van der Waals surface area contributed by atoms with E-state index in [0.29, 0.717) is 23.5 Å². The number of ether oxygens (including phenoxy) is 2. The van der Waals surface area contributed by atoms with E-state index in [0.717, 1.165) is 30.1 Å². The third-order valence-corrected chi connectivity index (χ3v) is 4.60. The van der Waals surface area contributed by atoms with Gasteiger partial charge in [0.2, 0.25) is 0 Å². The van der Waals surface area contributed by atoms with Gasteiger partial charge in [-0.3, -0.25) is 4.79 Å². The minimum atomic E-state index is -0.238. The van der Waals surface area contributed by atoms with Crippen molar-refractivity contribution < 1.29 is 14.3 Å². The van der Waals surface area contributed by atoms with Gasteiger partial charge < -0.3 is 14.4 Å². The van der Waals surface area contributed by atoms with Crippen LogP contribution in [0.2, 0.25) is 0 Å². The lowest BCUT2D eigenvalue weighted by atomic mass is 10.1. The Morgan fingerprint density at radius 1 is 0.929 bits per heavy atom. The van der Waals surface area contributed by atoms with Gasteiger partial charge in [-0.1, -0.05) is 6.92 Å². The van der Waals surface area contributed by atoms with Gasteiger partial charge in [-0.2, -0.15) is 5.10 Å². The van der Waals surface area contributed by atoms with Crippen LogP contribution in [-0.4, -0.2) is 38.9 Å². The summed E-state index contributed by atoms with van der Waals surface area (Å²) in [7, 11) is 3.19. The monoisotopic (exact) mass is 383 g/mol. The summed E-state index contributed by atoms with van der Waals surface area (Å²) in [5.74, 6) is 1.04. The van der Waals surface area contributed by atoms with Gasteiger partial charge in [-0.05, 0) is 62.7 Å². The molecule has 0 bridgehead atoms. The summed E-state index contributed by atoms with van der Waals surface area (Å²) >= 11 is 0. The number of amides is 1. The van der Waals surface area contributed by atoms with Crippen LogP contribution in [0.25, 0.3) is 0 Å². The lowest BCUT2D eigenvalue weighted by Gasteiger charge is -2.20. The van der Waals surface area contributed by atoms with Crippen LogP contribution in [0.5, 0.6) is 11.5 Å². The second-order valence-corrected chi connectivity index (χ2v) is 6.14. The Kier molecular flexibility index (Phi) is 7.87. The molecule has 28 heavy (non-hydrogen) atoms. The number of anilines is 1. The molecule has 0 saturated carbocycles. The Labute approximate surface area is 167 Å². The second-order valence-electron chi connectivity index (χ2n) is 6.14. The minimum absolute atomic E-state index is 0.238. The van der Waals surface area contributed by atoms with Gasteiger partial charge in [-0.25, -0.2) is 5.43 Å². The van der Waals surface area contributed by atoms with E-state index in [-0.39, 0.29) is 5.91 Å². The topological polar surface area (TPSA) is 63.2 Å². The number of methoxy groups -OCH3 is 2. The van der Waals surface area contributed by atoms with Crippen molar-refractivity contribution in [3.05, 3.63) is 53.6 Å². The smallest absolute Gasteiger partial charge is 0.271 e. The maximum Gasteiger partial charge on any atom is 0.271 e. The highest BCUT2D eigenvalue weighted by molar-refractivity contribution is 6.02. The van der Waals surface area contributed by atoms with Crippen LogP contribution < -0.4 is 19.8 Å². The Balaban J connectivity index is 2.15. The highest BCUT2D eigenvalue weighted by atomic mass is 16.5. The molecule has 2 rings (SSSR count). The van der Waals surface area contributed by atoms with Crippen molar-refractivity contribution in [2.45, 2.75) is 27.2 Å². The quantitative estimate of drug-likeness (QED) is 0.523. The first-order chi connectivity index (χ1) is 13.6. The normalized spacial score (nSPS) is 11.1. The largest absolute Gasteiger partial charge is 0.493 e. The molecule has 0 saturated heterocycles. The second kappa shape index (κ2) is 10.3. The van der Waals surface area contributed by atoms with E-state index in [1.54, 1.807) is 14.2 Å². The first-order valence-corrected chi connectivity index (χ1v) is 9.52. The molecule has 1 N–H and O–H groups in total. The molecule has 0 fully saturated rings. The molecule has 6 heteroatoms. The highest BCUT2D eigenvalue weighted by Gasteiger charge is 2.10. The molecule has 0 heterocycles. The predicted molar refractivity (Wildman–Crippen MR) is 114 cm³/mol. The van der Waals surface area contributed by atoms with Crippen LogP contribution in [-0.2, 0) is 0 Å². The van der Waals surface area contributed by atoms with Gasteiger partial charge in [0.25, 0.3) is 5.91 Å². The van der Waals surface area contributed by atoms with Crippen molar-refractivity contribution in [2.24, 2.45) is 5.10 Å². The SMILES string of the molecule is CC/C(=N/NC(=O)c1ccc(N(CC)CC)cc1)c1ccc(OC)c(OC)c1. The van der Waals surface area contributed by atoms with Gasteiger partial charge in [-0.15, -0.1) is 0 Å². The Morgan fingerprint density at radius 3 is 2.07 bits per heavy atom. The summed E-state index contributed by atoms with van der Waals surface area (Å²) in [5.41, 5.74) is 5.96. The van der Waals surface area contributed by atoms with Crippen molar-refractivity contribution >= 4 is 17.3 Å². The number of hydrazone groups is 1. The molecule has 6 nitrogen and oxygen atoms in total. The molecule has 1 amide bonds. The molecule has 0 aromatic heterocycles. The summed E-state index contributed by atoms with van der Waals surface area (Å²) in [6.45, 7) is 8.06. The maximum atomic E-state index is 12.5. The molecular weight excluding hydrogens is 354 g/mol. The number of nitrogens with zero attached hydrogens (tertiary/aromatic N) is 2. The number of carbonyl (C=O) groups excluding carboxylic acids is 1. The van der Waals surface area contributed by atoms with Crippen LogP contribution in [0.1, 0.15) is 43.1 Å². The van der Waals surface area contributed by atoms with Crippen LogP contribution >= 0.6 is 0 Å². The lowest BCUT2D eigenvalue weighted by Crippen LogP contribution is -2.22. The number of hydrogen-bond donors (Lipinski definition) is 1. The molecule has 0 unspecified atom stereocenters. The minimum Gasteiger partial charge on any atom is -0.493 e. The van der Waals surface area contributed by atoms with Gasteiger partial charge in [0.1, 0.15) is 0 Å². The van der Waals surface area contributed by atoms with E-state index in [4.69, 9.17) is 9.47 Å². The van der Waals surface area contributed by atoms with Crippen molar-refractivity contribution in [3.63, 3.8) is 0 Å². The van der Waals surface area contributed by atoms with E-state index in [2.05, 4.69) is 29.3 Å². The summed E-state index contributed by atoms with van der Waals surface area (Å²) < 4.78 is 10.6. The molecule has 0 aliphatic heterocycles. The fraction of sp³-hybridized carbons (Fsp3) is 0.364. The van der Waals surface area contributed by atoms with Crippen LogP contribution in [0.15, 0.2) is 47.6 Å². The highest BCUT2D eigenvalue weighted by Crippen LogP contribution is 2.28. The molecular formula is C22H29N3O3. The van der Waals surface area contributed by atoms with Gasteiger partial charge in [0, 0.05) is 29.9 Å². The number of nitrogens with one attached hydrogen (secondary N) is 1. The van der Waals surface area contributed by atoms with E-state index in [1.807, 2.05) is 49.4 Å². The number of carbonyl (C=O) groups is 1. The van der Waals surface area contributed by atoms with Crippen molar-refractivity contribution in [1.29, 1.82) is 0 Å². The average Bonchev–Trinajstić information content (AvgIpc) is 2.75. The molecule has 0 radical (unpaired) electrons. The van der Waals surface area contributed by atoms with Gasteiger partial charge in [0.05, 0.1) is 19.9 Å². The first-order valence-electron chi connectivity index (χ1n) is 9.52. The zero-order valence-electron chi connectivity index (χ0n) is 17.3. The third kappa shape index (κ3) is 5.03. The number of benzene rings is 2. The fourth-order valence-electron chi connectivity index (χ4n) is 2.96. The predicted octanol–water partition coefficient (Wildman–Crippen LogP) is 4.09. The lowest BCUT2D eigenvalue weighted by molar-refractivity contribution is 0.0955. The van der Waals surface area contributed by atoms with Gasteiger partial charge >= 0.3 is 0 Å². The van der Waals surface area contributed by atoms with E-state index < -0.39 is 0 Å². The van der Waals surface area contributed by atoms with Gasteiger partial charge in [0.15, 0.2) is 11.5 Å². The zero-order valence-corrected chi connectivity index (χ0v) is 17.3. The standard InChI is InChI=1S/C22H29N3O3/c1-6-19(17-11-14-20(27-4)21(15-17)28-5)23-24-22(26)16-9-12-18(13-10-16)25(7-2)8-3/h9-15H,6-8H2,1-5H3,(H,24,26)/b23-19-. The van der Waals surface area contributed by atoms with E-state index in [1.165, 1.54) is 0 Å². The third-order valence-electron chi connectivity index (χ3n) is 4.60. The Hall–Kier alpha value is -3.02. The molecule has 2 aromatic carbocycles. The Morgan fingerprint density at radius 2 is 1.54 bits per heavy atom. The van der Waals surface area contributed by atoms with Crippen LogP contribution in [0.4, 0.5) is 5.69 Å². The fourth-order valence-corrected chi connectivity index (χ4v) is 2.96. The van der Waals surface area contributed by atoms with Crippen LogP contribution in [0.3, 0.4) is 0 Å². The van der Waals surface area contributed by atoms with Crippen molar-refractivity contribution in [3.8, 4) is 11.5 Å². The van der Waals surface area contributed by atoms with E-state index in [9.17, 15) is 4.79 Å². The molecule has 0 spiro atoms. The number of hydrogen-bond acceptors (Lipinski definition) is 5. The van der Waals surface area contributed by atoms with Crippen LogP contribution in [0, 0.1) is 0 Å². The molecule has 0 atom stereocenters. The zero-order chi connectivity index (χ0) is 20.5. The van der Waals surface area contributed by atoms with E-state index >= 15 is 0 Å². The Bertz CT molecular complexity index is 812. The maximum absolute atomic E-state index is 12.5. The summed E-state index contributed by atoms with van der Waals surface area (Å²) in [4.78, 5) is 14.7. The molecule has 0 aliphatic carbocycles. The summed E-state index contributed by atoms with van der Waals surface area (Å²) in [6.07, 6.45) is 0.663. The van der Waals surface area contributed by atoms with Crippen molar-refractivity contribution in [2.75, 3.05) is 32.2 Å². The van der Waals surface area contributed by atoms with Crippen molar-refractivity contribution in [1.82, 2.24) is 5.43 Å².